The molecular formula is C21H20FN5S. The predicted molar refractivity (Wildman–Crippen MR) is 109 cm³/mol. The van der Waals surface area contributed by atoms with Crippen molar-refractivity contribution < 1.29 is 4.39 Å². The average Bonchev–Trinajstić information content (AvgIpc) is 2.72. The first kappa shape index (κ1) is 19.5. The van der Waals surface area contributed by atoms with E-state index in [2.05, 4.69) is 16.4 Å². The van der Waals surface area contributed by atoms with Gasteiger partial charge in [-0.05, 0) is 35.5 Å². The Bertz CT molecular complexity index is 1140. The zero-order valence-corrected chi connectivity index (χ0v) is 16.5. The highest BCUT2D eigenvalue weighted by atomic mass is 32.1. The topological polar surface area (TPSA) is 58.0 Å². The number of nitriles is 1. The fraction of sp³-hybridized carbons (Fsp3) is 0.190. The van der Waals surface area contributed by atoms with Crippen LogP contribution in [0.2, 0.25) is 0 Å². The number of halogens is 1. The smallest absolute Gasteiger partial charge is 0.182 e. The molecule has 0 unspecified atom stereocenters. The van der Waals surface area contributed by atoms with E-state index < -0.39 is 0 Å². The lowest BCUT2D eigenvalue weighted by Gasteiger charge is -2.16. The number of nitrogens with one attached hydrogen (secondary N) is 1. The van der Waals surface area contributed by atoms with Crippen LogP contribution in [0.1, 0.15) is 16.7 Å². The second-order valence-corrected chi connectivity index (χ2v) is 6.71. The quantitative estimate of drug-likeness (QED) is 0.671. The van der Waals surface area contributed by atoms with Gasteiger partial charge in [-0.25, -0.2) is 4.39 Å². The third kappa shape index (κ3) is 4.18. The minimum Gasteiger partial charge on any atom is -0.366 e. The Labute approximate surface area is 168 Å². The van der Waals surface area contributed by atoms with E-state index in [-0.39, 0.29) is 5.82 Å². The highest BCUT2D eigenvalue weighted by Crippen LogP contribution is 2.13. The van der Waals surface area contributed by atoms with E-state index in [4.69, 9.17) is 12.2 Å². The molecule has 0 aliphatic rings. The number of hydrogen-bond donors (Lipinski definition) is 1. The van der Waals surface area contributed by atoms with Crippen LogP contribution in [0, 0.1) is 21.9 Å². The molecule has 142 valence electrons. The van der Waals surface area contributed by atoms with Gasteiger partial charge in [-0.2, -0.15) is 5.26 Å². The zero-order valence-electron chi connectivity index (χ0n) is 15.7. The van der Waals surface area contributed by atoms with Gasteiger partial charge in [0.15, 0.2) is 10.3 Å². The average molecular weight is 393 g/mol. The van der Waals surface area contributed by atoms with Crippen molar-refractivity contribution in [3.63, 3.8) is 0 Å². The van der Waals surface area contributed by atoms with Crippen LogP contribution >= 0.6 is 12.2 Å². The zero-order chi connectivity index (χ0) is 20.1. The van der Waals surface area contributed by atoms with Crippen LogP contribution in [-0.4, -0.2) is 9.13 Å². The molecule has 0 amide bonds. The molecule has 1 N–H and O–H groups in total. The van der Waals surface area contributed by atoms with Crippen molar-refractivity contribution >= 4 is 18.0 Å². The van der Waals surface area contributed by atoms with E-state index in [0.717, 1.165) is 11.1 Å². The summed E-state index contributed by atoms with van der Waals surface area (Å²) in [5.41, 5.74) is 2.88. The highest BCUT2D eigenvalue weighted by Gasteiger charge is 2.12. The fourth-order valence-corrected chi connectivity index (χ4v) is 3.06. The van der Waals surface area contributed by atoms with Crippen LogP contribution in [0.3, 0.4) is 0 Å². The Morgan fingerprint density at radius 2 is 1.71 bits per heavy atom. The van der Waals surface area contributed by atoms with E-state index in [9.17, 15) is 9.65 Å². The molecule has 0 aliphatic heterocycles. The molecule has 0 atom stereocenters. The second-order valence-electron chi connectivity index (χ2n) is 6.34. The van der Waals surface area contributed by atoms with Crippen molar-refractivity contribution in [3.8, 4) is 6.07 Å². The first-order chi connectivity index (χ1) is 13.5. The van der Waals surface area contributed by atoms with Crippen molar-refractivity contribution in [1.82, 2.24) is 9.13 Å². The molecule has 1 aromatic heterocycles. The van der Waals surface area contributed by atoms with Crippen molar-refractivity contribution in [2.24, 2.45) is 19.1 Å². The minimum absolute atomic E-state index is 0.284. The molecule has 7 heteroatoms. The molecule has 3 rings (SSSR count). The van der Waals surface area contributed by atoms with Gasteiger partial charge in [0.1, 0.15) is 23.3 Å². The van der Waals surface area contributed by atoms with Crippen LogP contribution in [0.5, 0.6) is 0 Å². The van der Waals surface area contributed by atoms with Crippen LogP contribution in [0.4, 0.5) is 10.2 Å². The SMILES string of the molecule is Cn1c(NCc2ccc(F)cc2)c(C#N)/c(=N\Cc2ccccc2)n(C)c1=S. The van der Waals surface area contributed by atoms with Gasteiger partial charge in [0.25, 0.3) is 0 Å². The molecule has 28 heavy (non-hydrogen) atoms. The van der Waals surface area contributed by atoms with Crippen LogP contribution in [-0.2, 0) is 27.2 Å². The molecule has 0 saturated heterocycles. The van der Waals surface area contributed by atoms with Gasteiger partial charge in [-0.15, -0.1) is 0 Å². The van der Waals surface area contributed by atoms with Gasteiger partial charge in [0.2, 0.25) is 0 Å². The Balaban J connectivity index is 2.02. The van der Waals surface area contributed by atoms with Gasteiger partial charge in [-0.1, -0.05) is 42.5 Å². The molecule has 3 aromatic rings. The van der Waals surface area contributed by atoms with Crippen molar-refractivity contribution in [1.29, 1.82) is 5.26 Å². The monoisotopic (exact) mass is 393 g/mol. The Morgan fingerprint density at radius 1 is 1.04 bits per heavy atom. The largest absolute Gasteiger partial charge is 0.366 e. The number of benzene rings is 2. The number of nitrogens with zero attached hydrogens (tertiary/aromatic N) is 4. The summed E-state index contributed by atoms with van der Waals surface area (Å²) in [6.45, 7) is 0.882. The first-order valence-corrected chi connectivity index (χ1v) is 9.15. The maximum atomic E-state index is 13.1. The van der Waals surface area contributed by atoms with Gasteiger partial charge >= 0.3 is 0 Å². The third-order valence-electron chi connectivity index (χ3n) is 4.43. The lowest BCUT2D eigenvalue weighted by molar-refractivity contribution is 0.627. The second kappa shape index (κ2) is 8.63. The summed E-state index contributed by atoms with van der Waals surface area (Å²) in [7, 11) is 3.61. The summed E-state index contributed by atoms with van der Waals surface area (Å²) >= 11 is 5.52. The van der Waals surface area contributed by atoms with Crippen LogP contribution in [0.25, 0.3) is 0 Å². The number of rotatable bonds is 5. The van der Waals surface area contributed by atoms with Crippen LogP contribution < -0.4 is 10.8 Å². The molecule has 2 aromatic carbocycles. The molecule has 0 bridgehead atoms. The molecule has 0 fully saturated rings. The molecule has 0 aliphatic carbocycles. The van der Waals surface area contributed by atoms with Gasteiger partial charge < -0.3 is 14.5 Å². The maximum absolute atomic E-state index is 13.1. The lowest BCUT2D eigenvalue weighted by Crippen LogP contribution is -2.28. The minimum atomic E-state index is -0.284. The number of aromatic nitrogens is 2. The van der Waals surface area contributed by atoms with E-state index in [1.165, 1.54) is 12.1 Å². The van der Waals surface area contributed by atoms with Crippen molar-refractivity contribution in [3.05, 3.63) is 87.4 Å². The lowest BCUT2D eigenvalue weighted by atomic mass is 10.2. The third-order valence-corrected chi connectivity index (χ3v) is 4.97. The summed E-state index contributed by atoms with van der Waals surface area (Å²) in [5, 5.41) is 13.1. The molecule has 0 saturated carbocycles. The standard InChI is InChI=1S/C21H20FN5S/c1-26-19(24-13-15-6-4-3-5-7-15)18(12-23)20(27(2)21(26)28)25-14-16-8-10-17(22)11-9-16/h3-11,25H,13-14H2,1-2H3/b24-19+. The molecular weight excluding hydrogens is 373 g/mol. The van der Waals surface area contributed by atoms with Crippen LogP contribution in [0.15, 0.2) is 59.6 Å². The Morgan fingerprint density at radius 3 is 2.36 bits per heavy atom. The number of anilines is 1. The predicted octanol–water partition coefficient (Wildman–Crippen LogP) is 3.82. The molecule has 1 heterocycles. The summed E-state index contributed by atoms with van der Waals surface area (Å²) < 4.78 is 17.1. The van der Waals surface area contributed by atoms with E-state index in [1.807, 2.05) is 30.3 Å². The normalized spacial score (nSPS) is 11.3. The highest BCUT2D eigenvalue weighted by molar-refractivity contribution is 7.71. The Kier molecular flexibility index (Phi) is 6.02. The molecule has 5 nitrogen and oxygen atoms in total. The molecule has 0 radical (unpaired) electrons. The summed E-state index contributed by atoms with van der Waals surface area (Å²) in [5.74, 6) is 0.301. The molecule has 0 spiro atoms. The van der Waals surface area contributed by atoms with Gasteiger partial charge in [0.05, 0.1) is 6.54 Å². The first-order valence-electron chi connectivity index (χ1n) is 8.74. The fourth-order valence-electron chi connectivity index (χ4n) is 2.89. The van der Waals surface area contributed by atoms with Crippen molar-refractivity contribution in [2.75, 3.05) is 5.32 Å². The van der Waals surface area contributed by atoms with E-state index >= 15 is 0 Å². The summed E-state index contributed by atoms with van der Waals surface area (Å²) in [4.78, 5) is 4.65. The van der Waals surface area contributed by atoms with Crippen molar-refractivity contribution in [2.45, 2.75) is 13.1 Å². The summed E-state index contributed by atoms with van der Waals surface area (Å²) in [6, 6.07) is 18.3. The summed E-state index contributed by atoms with van der Waals surface area (Å²) in [6.07, 6.45) is 0. The van der Waals surface area contributed by atoms with E-state index in [0.29, 0.717) is 34.7 Å². The Hall–Kier alpha value is -3.24. The van der Waals surface area contributed by atoms with Gasteiger partial charge in [0, 0.05) is 20.6 Å². The maximum Gasteiger partial charge on any atom is 0.182 e. The van der Waals surface area contributed by atoms with E-state index in [1.54, 1.807) is 35.4 Å². The van der Waals surface area contributed by atoms with Gasteiger partial charge in [-0.3, -0.25) is 4.99 Å². The number of hydrogen-bond acceptors (Lipinski definition) is 4.